The quantitative estimate of drug-likeness (QED) is 0.629. The first kappa shape index (κ1) is 15.6. The third-order valence-corrected chi connectivity index (χ3v) is 4.94. The summed E-state index contributed by atoms with van der Waals surface area (Å²) >= 11 is 0. The Morgan fingerprint density at radius 1 is 0.650 bits per heavy atom. The zero-order valence-electron chi connectivity index (χ0n) is 12.9. The van der Waals surface area contributed by atoms with Crippen molar-refractivity contribution in [2.75, 3.05) is 14.1 Å². The van der Waals surface area contributed by atoms with Crippen LogP contribution in [0.2, 0.25) is 0 Å². The molecule has 0 aliphatic heterocycles. The molecule has 0 saturated heterocycles. The smallest absolute Gasteiger partial charge is 0.315 e. The molecule has 5 nitrogen and oxygen atoms in total. The number of hydrogen-bond acceptors (Lipinski definition) is 3. The number of urea groups is 1. The Morgan fingerprint density at radius 2 is 0.950 bits per heavy atom. The van der Waals surface area contributed by atoms with Crippen molar-refractivity contribution in [3.05, 3.63) is 0 Å². The van der Waals surface area contributed by atoms with Crippen molar-refractivity contribution in [1.29, 1.82) is 0 Å². The number of carbonyl (C=O) groups is 1. The Labute approximate surface area is 122 Å². The highest BCUT2D eigenvalue weighted by Crippen LogP contribution is 2.20. The lowest BCUT2D eigenvalue weighted by molar-refractivity contribution is 0.219. The summed E-state index contributed by atoms with van der Waals surface area (Å²) in [7, 11) is 4.04. The number of rotatable bonds is 4. The van der Waals surface area contributed by atoms with Crippen molar-refractivity contribution in [3.8, 4) is 0 Å². The van der Waals surface area contributed by atoms with Gasteiger partial charge in [-0.25, -0.2) is 4.79 Å². The van der Waals surface area contributed by atoms with Crippen LogP contribution < -0.4 is 21.3 Å². The Hall–Kier alpha value is -0.810. The van der Waals surface area contributed by atoms with E-state index in [1.54, 1.807) is 0 Å². The maximum atomic E-state index is 12.0. The minimum Gasteiger partial charge on any atom is -0.335 e. The van der Waals surface area contributed by atoms with E-state index in [0.717, 1.165) is 51.4 Å². The van der Waals surface area contributed by atoms with Gasteiger partial charge >= 0.3 is 6.03 Å². The van der Waals surface area contributed by atoms with Gasteiger partial charge in [0.15, 0.2) is 0 Å². The first-order chi connectivity index (χ1) is 9.71. The predicted molar refractivity (Wildman–Crippen MR) is 81.9 cm³/mol. The second-order valence-corrected chi connectivity index (χ2v) is 6.29. The second kappa shape index (κ2) is 7.84. The fourth-order valence-electron chi connectivity index (χ4n) is 3.47. The second-order valence-electron chi connectivity index (χ2n) is 6.29. The van der Waals surface area contributed by atoms with Crippen molar-refractivity contribution in [3.63, 3.8) is 0 Å². The molecule has 0 atom stereocenters. The molecule has 0 bridgehead atoms. The monoisotopic (exact) mass is 282 g/mol. The molecule has 2 aliphatic rings. The van der Waals surface area contributed by atoms with Crippen molar-refractivity contribution >= 4 is 6.03 Å². The van der Waals surface area contributed by atoms with Crippen LogP contribution in [0.4, 0.5) is 4.79 Å². The number of hydrogen-bond donors (Lipinski definition) is 4. The van der Waals surface area contributed by atoms with E-state index in [1.165, 1.54) is 0 Å². The van der Waals surface area contributed by atoms with Gasteiger partial charge in [0.05, 0.1) is 0 Å². The standard InChI is InChI=1S/C15H30N4O/c1-16-11-3-7-13(8-4-11)18-15(20)19-14-9-5-12(17-2)6-10-14/h11-14,16-17H,3-10H2,1-2H3,(H2,18,19,20). The fraction of sp³-hybridized carbons (Fsp3) is 0.933. The van der Waals surface area contributed by atoms with Crippen molar-refractivity contribution in [1.82, 2.24) is 21.3 Å². The molecule has 0 aromatic rings. The Morgan fingerprint density at radius 3 is 1.25 bits per heavy atom. The molecule has 5 heteroatoms. The Bertz CT molecular complexity index is 266. The van der Waals surface area contributed by atoms with Gasteiger partial charge in [-0.15, -0.1) is 0 Å². The normalized spacial score (nSPS) is 34.5. The zero-order valence-corrected chi connectivity index (χ0v) is 12.9. The summed E-state index contributed by atoms with van der Waals surface area (Å²) in [5.74, 6) is 0. The molecule has 2 saturated carbocycles. The summed E-state index contributed by atoms with van der Waals surface area (Å²) in [5, 5.41) is 12.9. The zero-order chi connectivity index (χ0) is 14.4. The van der Waals surface area contributed by atoms with Gasteiger partial charge in [0, 0.05) is 24.2 Å². The average molecular weight is 282 g/mol. The highest BCUT2D eigenvalue weighted by atomic mass is 16.2. The first-order valence-corrected chi connectivity index (χ1v) is 8.12. The highest BCUT2D eigenvalue weighted by Gasteiger charge is 2.24. The lowest BCUT2D eigenvalue weighted by Crippen LogP contribution is -2.49. The van der Waals surface area contributed by atoms with E-state index in [9.17, 15) is 4.79 Å². The van der Waals surface area contributed by atoms with Gasteiger partial charge in [-0.05, 0) is 65.5 Å². The Kier molecular flexibility index (Phi) is 6.10. The van der Waals surface area contributed by atoms with Crippen LogP contribution in [-0.4, -0.2) is 44.3 Å². The topological polar surface area (TPSA) is 65.2 Å². The third-order valence-electron chi connectivity index (χ3n) is 4.94. The molecule has 0 aromatic heterocycles. The Balaban J connectivity index is 1.63. The lowest BCUT2D eigenvalue weighted by Gasteiger charge is -2.31. The molecule has 0 spiro atoms. The molecule has 0 radical (unpaired) electrons. The third kappa shape index (κ3) is 4.63. The fourth-order valence-corrected chi connectivity index (χ4v) is 3.47. The molecular weight excluding hydrogens is 252 g/mol. The van der Waals surface area contributed by atoms with E-state index < -0.39 is 0 Å². The summed E-state index contributed by atoms with van der Waals surface area (Å²) in [6.45, 7) is 0. The molecule has 4 N–H and O–H groups in total. The predicted octanol–water partition coefficient (Wildman–Crippen LogP) is 1.35. The van der Waals surface area contributed by atoms with Crippen molar-refractivity contribution in [2.24, 2.45) is 0 Å². The molecule has 2 aliphatic carbocycles. The number of amides is 2. The molecule has 2 fully saturated rings. The lowest BCUT2D eigenvalue weighted by atomic mass is 9.91. The van der Waals surface area contributed by atoms with Gasteiger partial charge < -0.3 is 21.3 Å². The van der Waals surface area contributed by atoms with Gasteiger partial charge in [-0.2, -0.15) is 0 Å². The minimum atomic E-state index is 0.0332. The summed E-state index contributed by atoms with van der Waals surface area (Å²) in [5.41, 5.74) is 0. The van der Waals surface area contributed by atoms with Crippen LogP contribution in [0.15, 0.2) is 0 Å². The van der Waals surface area contributed by atoms with Crippen LogP contribution in [0.3, 0.4) is 0 Å². The van der Waals surface area contributed by atoms with Crippen LogP contribution in [0.5, 0.6) is 0 Å². The van der Waals surface area contributed by atoms with Crippen LogP contribution in [0, 0.1) is 0 Å². The largest absolute Gasteiger partial charge is 0.335 e. The molecule has 0 aromatic carbocycles. The van der Waals surface area contributed by atoms with E-state index >= 15 is 0 Å². The molecule has 20 heavy (non-hydrogen) atoms. The summed E-state index contributed by atoms with van der Waals surface area (Å²) < 4.78 is 0. The van der Waals surface area contributed by atoms with E-state index in [4.69, 9.17) is 0 Å². The van der Waals surface area contributed by atoms with Crippen molar-refractivity contribution < 1.29 is 4.79 Å². The minimum absolute atomic E-state index is 0.0332. The molecule has 2 amide bonds. The summed E-state index contributed by atoms with van der Waals surface area (Å²) in [6, 6.07) is 2.01. The molecule has 116 valence electrons. The van der Waals surface area contributed by atoms with Gasteiger partial charge in [-0.1, -0.05) is 0 Å². The van der Waals surface area contributed by atoms with Gasteiger partial charge in [0.25, 0.3) is 0 Å². The summed E-state index contributed by atoms with van der Waals surface area (Å²) in [6.07, 6.45) is 9.00. The van der Waals surface area contributed by atoms with E-state index in [0.29, 0.717) is 24.2 Å². The highest BCUT2D eigenvalue weighted by molar-refractivity contribution is 5.74. The van der Waals surface area contributed by atoms with Crippen LogP contribution in [0.1, 0.15) is 51.4 Å². The van der Waals surface area contributed by atoms with Gasteiger partial charge in [0.1, 0.15) is 0 Å². The maximum absolute atomic E-state index is 12.0. The molecule has 0 heterocycles. The van der Waals surface area contributed by atoms with Crippen LogP contribution in [0.25, 0.3) is 0 Å². The number of nitrogens with one attached hydrogen (secondary N) is 4. The number of carbonyl (C=O) groups excluding carboxylic acids is 1. The molecule has 0 unspecified atom stereocenters. The maximum Gasteiger partial charge on any atom is 0.315 e. The van der Waals surface area contributed by atoms with E-state index in [-0.39, 0.29) is 6.03 Å². The molecular formula is C15H30N4O. The first-order valence-electron chi connectivity index (χ1n) is 8.12. The van der Waals surface area contributed by atoms with Gasteiger partial charge in [-0.3, -0.25) is 0 Å². The van der Waals surface area contributed by atoms with Crippen LogP contribution >= 0.6 is 0 Å². The van der Waals surface area contributed by atoms with Crippen LogP contribution in [-0.2, 0) is 0 Å². The average Bonchev–Trinajstić information content (AvgIpc) is 2.49. The van der Waals surface area contributed by atoms with Crippen molar-refractivity contribution in [2.45, 2.75) is 75.5 Å². The van der Waals surface area contributed by atoms with E-state index in [2.05, 4.69) is 21.3 Å². The van der Waals surface area contributed by atoms with E-state index in [1.807, 2.05) is 14.1 Å². The summed E-state index contributed by atoms with van der Waals surface area (Å²) in [4.78, 5) is 12.0. The molecule has 2 rings (SSSR count). The SMILES string of the molecule is CNC1CCC(NC(=O)NC2CCC(NC)CC2)CC1. The van der Waals surface area contributed by atoms with Gasteiger partial charge in [0.2, 0.25) is 0 Å².